The van der Waals surface area contributed by atoms with Crippen molar-refractivity contribution in [3.05, 3.63) is 47.5 Å². The van der Waals surface area contributed by atoms with Crippen molar-refractivity contribution in [1.29, 1.82) is 0 Å². The normalized spacial score (nSPS) is 11.3. The largest absolute Gasteiger partial charge is 0.494 e. The molecule has 0 radical (unpaired) electrons. The molecule has 0 aliphatic carbocycles. The van der Waals surface area contributed by atoms with Gasteiger partial charge in [-0.25, -0.2) is 4.98 Å². The summed E-state index contributed by atoms with van der Waals surface area (Å²) >= 11 is 0. The number of ether oxygens (including phenoxy) is 1. The van der Waals surface area contributed by atoms with Gasteiger partial charge in [-0.05, 0) is 55.2 Å². The maximum absolute atomic E-state index is 5.80. The van der Waals surface area contributed by atoms with Crippen molar-refractivity contribution in [1.82, 2.24) is 9.97 Å². The maximum Gasteiger partial charge on any atom is 0.138 e. The Bertz CT molecular complexity index is 769. The average molecular weight is 294 g/mol. The van der Waals surface area contributed by atoms with E-state index in [2.05, 4.69) is 44.0 Å². The molecule has 0 fully saturated rings. The number of aromatic nitrogens is 2. The van der Waals surface area contributed by atoms with Crippen molar-refractivity contribution in [2.45, 2.75) is 33.6 Å². The Morgan fingerprint density at radius 1 is 1.18 bits per heavy atom. The van der Waals surface area contributed by atoms with Crippen LogP contribution in [0.3, 0.4) is 0 Å². The van der Waals surface area contributed by atoms with Crippen LogP contribution in [-0.4, -0.2) is 16.6 Å². The van der Waals surface area contributed by atoms with Gasteiger partial charge in [0.2, 0.25) is 0 Å². The van der Waals surface area contributed by atoms with Gasteiger partial charge in [0, 0.05) is 5.56 Å². The molecule has 3 heteroatoms. The lowest BCUT2D eigenvalue weighted by Gasteiger charge is -2.16. The maximum atomic E-state index is 5.80. The number of H-pyrrole nitrogens is 1. The highest BCUT2D eigenvalue weighted by Gasteiger charge is 2.15. The van der Waals surface area contributed by atoms with Gasteiger partial charge in [0.25, 0.3) is 0 Å². The van der Waals surface area contributed by atoms with E-state index < -0.39 is 0 Å². The molecule has 3 rings (SSSR count). The third kappa shape index (κ3) is 2.59. The minimum atomic E-state index is 0.408. The zero-order chi connectivity index (χ0) is 15.7. The summed E-state index contributed by atoms with van der Waals surface area (Å²) in [5.41, 5.74) is 5.60. The van der Waals surface area contributed by atoms with Crippen LogP contribution in [0.2, 0.25) is 0 Å². The van der Waals surface area contributed by atoms with Crippen LogP contribution in [0.5, 0.6) is 5.75 Å². The summed E-state index contributed by atoms with van der Waals surface area (Å²) in [6, 6.07) is 12.5. The lowest BCUT2D eigenvalue weighted by atomic mass is 9.96. The van der Waals surface area contributed by atoms with Crippen LogP contribution in [-0.2, 0) is 0 Å². The van der Waals surface area contributed by atoms with Crippen molar-refractivity contribution in [2.75, 3.05) is 6.61 Å². The molecule has 22 heavy (non-hydrogen) atoms. The second-order valence-electron chi connectivity index (χ2n) is 5.90. The number of aromatic amines is 1. The number of fused-ring (bicyclic) bond motifs is 1. The Morgan fingerprint density at radius 3 is 2.64 bits per heavy atom. The third-order valence-corrected chi connectivity index (χ3v) is 3.92. The van der Waals surface area contributed by atoms with Crippen LogP contribution in [0.25, 0.3) is 22.4 Å². The Hall–Kier alpha value is -2.29. The van der Waals surface area contributed by atoms with Crippen molar-refractivity contribution in [3.63, 3.8) is 0 Å². The lowest BCUT2D eigenvalue weighted by Crippen LogP contribution is -2.00. The number of imidazole rings is 1. The molecule has 1 aromatic heterocycles. The quantitative estimate of drug-likeness (QED) is 0.730. The molecule has 3 nitrogen and oxygen atoms in total. The van der Waals surface area contributed by atoms with Gasteiger partial charge in [0.1, 0.15) is 11.6 Å². The molecule has 0 unspecified atom stereocenters. The number of nitrogens with one attached hydrogen (secondary N) is 1. The summed E-state index contributed by atoms with van der Waals surface area (Å²) in [5, 5.41) is 0. The van der Waals surface area contributed by atoms with Gasteiger partial charge in [0.05, 0.1) is 17.6 Å². The number of benzene rings is 2. The first-order valence-corrected chi connectivity index (χ1v) is 7.82. The fourth-order valence-electron chi connectivity index (χ4n) is 2.77. The van der Waals surface area contributed by atoms with Crippen LogP contribution >= 0.6 is 0 Å². The molecule has 2 aromatic carbocycles. The van der Waals surface area contributed by atoms with E-state index in [1.807, 2.05) is 25.1 Å². The number of hydrogen-bond donors (Lipinski definition) is 1. The van der Waals surface area contributed by atoms with Gasteiger partial charge in [-0.15, -0.1) is 0 Å². The van der Waals surface area contributed by atoms with Crippen LogP contribution < -0.4 is 4.74 Å². The van der Waals surface area contributed by atoms with E-state index in [9.17, 15) is 0 Å². The number of aryl methyl sites for hydroxylation is 1. The van der Waals surface area contributed by atoms with Gasteiger partial charge < -0.3 is 9.72 Å². The van der Waals surface area contributed by atoms with Crippen molar-refractivity contribution < 1.29 is 4.74 Å². The van der Waals surface area contributed by atoms with Crippen LogP contribution in [0.1, 0.15) is 37.8 Å². The fourth-order valence-corrected chi connectivity index (χ4v) is 2.77. The zero-order valence-corrected chi connectivity index (χ0v) is 13.6. The van der Waals surface area contributed by atoms with Gasteiger partial charge in [-0.2, -0.15) is 0 Å². The predicted molar refractivity (Wildman–Crippen MR) is 91.5 cm³/mol. The SMILES string of the molecule is CCOc1cc(C)c(-c2nc3ccccc3[nH]2)cc1C(C)C. The molecule has 0 saturated carbocycles. The van der Waals surface area contributed by atoms with E-state index in [-0.39, 0.29) is 0 Å². The third-order valence-electron chi connectivity index (χ3n) is 3.92. The molecule has 0 spiro atoms. The predicted octanol–water partition coefficient (Wildman–Crippen LogP) is 5.06. The van der Waals surface area contributed by atoms with Crippen LogP contribution in [0, 0.1) is 6.92 Å². The highest BCUT2D eigenvalue weighted by Crippen LogP contribution is 2.34. The zero-order valence-electron chi connectivity index (χ0n) is 13.6. The smallest absolute Gasteiger partial charge is 0.138 e. The standard InChI is InChI=1S/C19H22N2O/c1-5-22-18-10-13(4)15(11-14(18)12(2)3)19-20-16-8-6-7-9-17(16)21-19/h6-12H,5H2,1-4H3,(H,20,21). The topological polar surface area (TPSA) is 37.9 Å². The first kappa shape index (κ1) is 14.6. The molecule has 1 N–H and O–H groups in total. The van der Waals surface area contributed by atoms with Crippen molar-refractivity contribution >= 4 is 11.0 Å². The van der Waals surface area contributed by atoms with Gasteiger partial charge in [0.15, 0.2) is 0 Å². The van der Waals surface area contributed by atoms with Gasteiger partial charge in [-0.3, -0.25) is 0 Å². The minimum absolute atomic E-state index is 0.408. The van der Waals surface area contributed by atoms with E-state index in [1.54, 1.807) is 0 Å². The van der Waals surface area contributed by atoms with E-state index in [1.165, 1.54) is 11.1 Å². The number of rotatable bonds is 4. The lowest BCUT2D eigenvalue weighted by molar-refractivity contribution is 0.335. The highest BCUT2D eigenvalue weighted by atomic mass is 16.5. The second kappa shape index (κ2) is 5.84. The van der Waals surface area contributed by atoms with Gasteiger partial charge >= 0.3 is 0 Å². The second-order valence-corrected chi connectivity index (χ2v) is 5.90. The van der Waals surface area contributed by atoms with E-state index in [0.717, 1.165) is 28.2 Å². The Balaban J connectivity index is 2.15. The molecule has 0 saturated heterocycles. The summed E-state index contributed by atoms with van der Waals surface area (Å²) in [6.07, 6.45) is 0. The Morgan fingerprint density at radius 2 is 1.95 bits per heavy atom. The fraction of sp³-hybridized carbons (Fsp3) is 0.316. The number of nitrogens with zero attached hydrogens (tertiary/aromatic N) is 1. The molecule has 0 bridgehead atoms. The molecule has 3 aromatic rings. The van der Waals surface area contributed by atoms with E-state index in [4.69, 9.17) is 9.72 Å². The molecule has 0 amide bonds. The van der Waals surface area contributed by atoms with Crippen LogP contribution in [0.15, 0.2) is 36.4 Å². The highest BCUT2D eigenvalue weighted by molar-refractivity contribution is 5.80. The summed E-state index contributed by atoms with van der Waals surface area (Å²) < 4.78 is 5.80. The number of hydrogen-bond acceptors (Lipinski definition) is 2. The van der Waals surface area contributed by atoms with Crippen molar-refractivity contribution in [3.8, 4) is 17.1 Å². The summed E-state index contributed by atoms with van der Waals surface area (Å²) in [7, 11) is 0. The summed E-state index contributed by atoms with van der Waals surface area (Å²) in [5.74, 6) is 2.31. The molecular formula is C19H22N2O. The molecule has 0 aliphatic rings. The molecule has 1 heterocycles. The Kier molecular flexibility index (Phi) is 3.88. The molecule has 114 valence electrons. The Labute approximate surface area is 131 Å². The molecule has 0 atom stereocenters. The van der Waals surface area contributed by atoms with Gasteiger partial charge in [-0.1, -0.05) is 26.0 Å². The first-order valence-electron chi connectivity index (χ1n) is 7.82. The minimum Gasteiger partial charge on any atom is -0.494 e. The molecular weight excluding hydrogens is 272 g/mol. The summed E-state index contributed by atoms with van der Waals surface area (Å²) in [4.78, 5) is 8.14. The van der Waals surface area contributed by atoms with Crippen molar-refractivity contribution in [2.24, 2.45) is 0 Å². The summed E-state index contributed by atoms with van der Waals surface area (Å²) in [6.45, 7) is 9.19. The first-order chi connectivity index (χ1) is 10.6. The average Bonchev–Trinajstić information content (AvgIpc) is 2.91. The number of para-hydroxylation sites is 2. The monoisotopic (exact) mass is 294 g/mol. The molecule has 0 aliphatic heterocycles. The van der Waals surface area contributed by atoms with Crippen LogP contribution in [0.4, 0.5) is 0 Å². The van der Waals surface area contributed by atoms with E-state index >= 15 is 0 Å². The van der Waals surface area contributed by atoms with E-state index in [0.29, 0.717) is 12.5 Å².